The molecule has 3 N–H and O–H groups in total. The van der Waals surface area contributed by atoms with Gasteiger partial charge >= 0.3 is 0 Å². The van der Waals surface area contributed by atoms with E-state index in [1.807, 2.05) is 24.3 Å². The van der Waals surface area contributed by atoms with Gasteiger partial charge in [0.1, 0.15) is 11.8 Å². The summed E-state index contributed by atoms with van der Waals surface area (Å²) in [7, 11) is 1.60. The van der Waals surface area contributed by atoms with Gasteiger partial charge in [-0.3, -0.25) is 10.0 Å². The topological polar surface area (TPSA) is 70.6 Å². The van der Waals surface area contributed by atoms with Crippen LogP contribution in [0.5, 0.6) is 5.75 Å². The van der Waals surface area contributed by atoms with Crippen molar-refractivity contribution in [2.45, 2.75) is 32.2 Å². The van der Waals surface area contributed by atoms with E-state index in [0.29, 0.717) is 6.42 Å². The molecule has 0 fully saturated rings. The molecule has 1 aromatic carbocycles. The second kappa shape index (κ2) is 7.55. The van der Waals surface area contributed by atoms with Crippen LogP contribution in [0.1, 0.15) is 26.2 Å². The third-order valence-electron chi connectivity index (χ3n) is 2.70. The molecule has 0 aliphatic carbocycles. The zero-order valence-corrected chi connectivity index (χ0v) is 10.8. The first-order valence-corrected chi connectivity index (χ1v) is 6.05. The molecule has 1 unspecified atom stereocenters. The number of nitrogens with one attached hydrogen (secondary N) is 2. The molecular formula is C13H20N2O3. The molecule has 0 aromatic heterocycles. The van der Waals surface area contributed by atoms with Gasteiger partial charge in [0.05, 0.1) is 7.11 Å². The van der Waals surface area contributed by atoms with Crippen LogP contribution in [0.15, 0.2) is 24.3 Å². The molecule has 0 spiro atoms. The minimum Gasteiger partial charge on any atom is -0.497 e. The van der Waals surface area contributed by atoms with Gasteiger partial charge < -0.3 is 10.1 Å². The van der Waals surface area contributed by atoms with Gasteiger partial charge in [0, 0.05) is 5.69 Å². The van der Waals surface area contributed by atoms with Gasteiger partial charge in [-0.2, -0.15) is 0 Å². The summed E-state index contributed by atoms with van der Waals surface area (Å²) in [5, 5.41) is 11.8. The van der Waals surface area contributed by atoms with Crippen molar-refractivity contribution in [1.82, 2.24) is 5.48 Å². The Morgan fingerprint density at radius 3 is 2.56 bits per heavy atom. The van der Waals surface area contributed by atoms with E-state index in [0.717, 1.165) is 24.3 Å². The lowest BCUT2D eigenvalue weighted by atomic mass is 10.1. The van der Waals surface area contributed by atoms with Gasteiger partial charge in [0.2, 0.25) is 0 Å². The summed E-state index contributed by atoms with van der Waals surface area (Å²) in [5.74, 6) is 0.344. The molecule has 0 bridgehead atoms. The number of hydrogen-bond donors (Lipinski definition) is 3. The predicted octanol–water partition coefficient (Wildman–Crippen LogP) is 2.17. The number of amides is 1. The number of benzene rings is 1. The number of anilines is 1. The number of methoxy groups -OCH3 is 1. The van der Waals surface area contributed by atoms with Crippen molar-refractivity contribution in [2.75, 3.05) is 12.4 Å². The van der Waals surface area contributed by atoms with E-state index in [2.05, 4.69) is 12.2 Å². The minimum atomic E-state index is -0.427. The summed E-state index contributed by atoms with van der Waals surface area (Å²) in [4.78, 5) is 11.5. The third-order valence-corrected chi connectivity index (χ3v) is 2.70. The zero-order valence-electron chi connectivity index (χ0n) is 10.8. The quantitative estimate of drug-likeness (QED) is 0.514. The van der Waals surface area contributed by atoms with Gasteiger partial charge in [-0.25, -0.2) is 5.48 Å². The van der Waals surface area contributed by atoms with Crippen molar-refractivity contribution in [2.24, 2.45) is 0 Å². The molecule has 0 saturated carbocycles. The van der Waals surface area contributed by atoms with Crippen LogP contribution in [-0.2, 0) is 4.79 Å². The highest BCUT2D eigenvalue weighted by Gasteiger charge is 2.16. The summed E-state index contributed by atoms with van der Waals surface area (Å²) in [6.45, 7) is 2.06. The number of carbonyl (C=O) groups is 1. The van der Waals surface area contributed by atoms with Gasteiger partial charge in [0.15, 0.2) is 0 Å². The molecule has 1 aromatic rings. The lowest BCUT2D eigenvalue weighted by molar-refractivity contribution is -0.130. The van der Waals surface area contributed by atoms with E-state index in [1.54, 1.807) is 12.6 Å². The largest absolute Gasteiger partial charge is 0.497 e. The maximum Gasteiger partial charge on any atom is 0.265 e. The van der Waals surface area contributed by atoms with Crippen LogP contribution >= 0.6 is 0 Å². The molecule has 1 rings (SSSR count). The van der Waals surface area contributed by atoms with Crippen LogP contribution in [0.3, 0.4) is 0 Å². The van der Waals surface area contributed by atoms with Gasteiger partial charge in [-0.15, -0.1) is 0 Å². The van der Waals surface area contributed by atoms with E-state index in [1.165, 1.54) is 0 Å². The first kappa shape index (κ1) is 14.3. The third kappa shape index (κ3) is 4.25. The maximum absolute atomic E-state index is 11.5. The number of rotatable bonds is 7. The van der Waals surface area contributed by atoms with Crippen LogP contribution in [0, 0.1) is 0 Å². The van der Waals surface area contributed by atoms with Gasteiger partial charge in [-0.05, 0) is 30.7 Å². The smallest absolute Gasteiger partial charge is 0.265 e. The molecule has 0 saturated heterocycles. The fourth-order valence-electron chi connectivity index (χ4n) is 1.64. The van der Waals surface area contributed by atoms with Crippen molar-refractivity contribution in [3.8, 4) is 5.75 Å². The second-order valence-corrected chi connectivity index (χ2v) is 4.04. The standard InChI is InChI=1S/C13H20N2O3/c1-3-4-5-12(13(16)15-17)14-10-6-8-11(18-2)9-7-10/h6-9,12,14,17H,3-5H2,1-2H3,(H,15,16). The van der Waals surface area contributed by atoms with Crippen molar-refractivity contribution in [3.63, 3.8) is 0 Å². The Hall–Kier alpha value is -1.75. The van der Waals surface area contributed by atoms with Crippen molar-refractivity contribution < 1.29 is 14.7 Å². The molecule has 1 amide bonds. The zero-order chi connectivity index (χ0) is 13.4. The Kier molecular flexibility index (Phi) is 6.00. The van der Waals surface area contributed by atoms with E-state index in [-0.39, 0.29) is 0 Å². The normalized spacial score (nSPS) is 11.7. The van der Waals surface area contributed by atoms with Crippen molar-refractivity contribution in [3.05, 3.63) is 24.3 Å². The van der Waals surface area contributed by atoms with Crippen LogP contribution in [0.4, 0.5) is 5.69 Å². The fourth-order valence-corrected chi connectivity index (χ4v) is 1.64. The number of ether oxygens (including phenoxy) is 1. The average molecular weight is 252 g/mol. The van der Waals surface area contributed by atoms with E-state index in [4.69, 9.17) is 9.94 Å². The summed E-state index contributed by atoms with van der Waals surface area (Å²) in [5.41, 5.74) is 2.51. The summed E-state index contributed by atoms with van der Waals surface area (Å²) >= 11 is 0. The lowest BCUT2D eigenvalue weighted by Gasteiger charge is -2.17. The van der Waals surface area contributed by atoms with Gasteiger partial charge in [-0.1, -0.05) is 19.8 Å². The highest BCUT2D eigenvalue weighted by molar-refractivity contribution is 5.83. The average Bonchev–Trinajstić information content (AvgIpc) is 2.43. The van der Waals surface area contributed by atoms with E-state index in [9.17, 15) is 4.79 Å². The Morgan fingerprint density at radius 1 is 1.39 bits per heavy atom. The molecule has 18 heavy (non-hydrogen) atoms. The highest BCUT2D eigenvalue weighted by atomic mass is 16.5. The van der Waals surface area contributed by atoms with Crippen LogP contribution in [-0.4, -0.2) is 24.3 Å². The number of unbranched alkanes of at least 4 members (excludes halogenated alkanes) is 1. The number of hydrogen-bond acceptors (Lipinski definition) is 4. The van der Waals surface area contributed by atoms with Crippen LogP contribution in [0.25, 0.3) is 0 Å². The first-order chi connectivity index (χ1) is 8.71. The van der Waals surface area contributed by atoms with Crippen LogP contribution in [0.2, 0.25) is 0 Å². The van der Waals surface area contributed by atoms with E-state index < -0.39 is 11.9 Å². The molecule has 0 aliphatic heterocycles. The van der Waals surface area contributed by atoms with E-state index >= 15 is 0 Å². The second-order valence-electron chi connectivity index (χ2n) is 4.04. The summed E-state index contributed by atoms with van der Waals surface area (Å²) in [6, 6.07) is 6.88. The first-order valence-electron chi connectivity index (χ1n) is 6.05. The maximum atomic E-state index is 11.5. The molecule has 0 aliphatic rings. The SMILES string of the molecule is CCCCC(Nc1ccc(OC)cc1)C(=O)NO. The number of carbonyl (C=O) groups excluding carboxylic acids is 1. The predicted molar refractivity (Wildman–Crippen MR) is 69.9 cm³/mol. The molecule has 100 valence electrons. The lowest BCUT2D eigenvalue weighted by Crippen LogP contribution is -2.38. The van der Waals surface area contributed by atoms with Gasteiger partial charge in [0.25, 0.3) is 5.91 Å². The molecule has 0 radical (unpaired) electrons. The number of hydroxylamine groups is 1. The summed E-state index contributed by atoms with van der Waals surface area (Å²) < 4.78 is 5.06. The fraction of sp³-hybridized carbons (Fsp3) is 0.462. The Bertz CT molecular complexity index is 365. The minimum absolute atomic E-state index is 0.417. The Morgan fingerprint density at radius 2 is 2.06 bits per heavy atom. The Labute approximate surface area is 107 Å². The van der Waals surface area contributed by atoms with Crippen LogP contribution < -0.4 is 15.5 Å². The molecule has 1 atom stereocenters. The summed E-state index contributed by atoms with van der Waals surface area (Å²) in [6.07, 6.45) is 2.59. The molecule has 0 heterocycles. The molecule has 5 heteroatoms. The monoisotopic (exact) mass is 252 g/mol. The molecule has 5 nitrogen and oxygen atoms in total. The Balaban J connectivity index is 2.65. The molecular weight excluding hydrogens is 232 g/mol. The highest BCUT2D eigenvalue weighted by Crippen LogP contribution is 2.17. The van der Waals surface area contributed by atoms with Crippen molar-refractivity contribution >= 4 is 11.6 Å². The van der Waals surface area contributed by atoms with Crippen molar-refractivity contribution in [1.29, 1.82) is 0 Å².